The minimum Gasteiger partial charge on any atom is -0.454 e. The number of rotatable bonds is 5. The number of anilines is 1. The monoisotopic (exact) mass is 458 g/mol. The van der Waals surface area contributed by atoms with Gasteiger partial charge in [-0.25, -0.2) is 4.98 Å². The van der Waals surface area contributed by atoms with Crippen LogP contribution in [0.4, 0.5) is 5.13 Å². The summed E-state index contributed by atoms with van der Waals surface area (Å²) < 4.78 is 28.4. The summed E-state index contributed by atoms with van der Waals surface area (Å²) >= 11 is 1.35. The van der Waals surface area contributed by atoms with Crippen molar-refractivity contribution in [3.05, 3.63) is 29.1 Å². The lowest BCUT2D eigenvalue weighted by Gasteiger charge is -2.05. The maximum absolute atomic E-state index is 12.1. The van der Waals surface area contributed by atoms with Crippen LogP contribution >= 0.6 is 31.3 Å². The minimum absolute atomic E-state index is 0. The Balaban J connectivity index is 0.00000240. The number of nitrogens with two attached hydrogens (primary N) is 1. The molecule has 0 saturated heterocycles. The van der Waals surface area contributed by atoms with Gasteiger partial charge in [0.2, 0.25) is 12.3 Å². The Morgan fingerprint density at radius 3 is 2.66 bits per heavy atom. The highest BCUT2D eigenvalue weighted by Crippen LogP contribution is 2.44. The second kappa shape index (κ2) is 8.01. The highest BCUT2D eigenvalue weighted by atomic mass is 35.5. The van der Waals surface area contributed by atoms with Crippen molar-refractivity contribution in [2.24, 2.45) is 5.92 Å². The fourth-order valence-electron chi connectivity index (χ4n) is 3.06. The first kappa shape index (κ1) is 21.7. The first-order chi connectivity index (χ1) is 13.2. The highest BCUT2D eigenvalue weighted by molar-refractivity contribution is 7.60. The van der Waals surface area contributed by atoms with Crippen LogP contribution in [-0.4, -0.2) is 21.6 Å². The van der Waals surface area contributed by atoms with Crippen molar-refractivity contribution < 1.29 is 28.2 Å². The summed E-state index contributed by atoms with van der Waals surface area (Å²) in [5, 5.41) is 0.379. The van der Waals surface area contributed by atoms with Gasteiger partial charge in [0.25, 0.3) is 0 Å². The summed E-state index contributed by atoms with van der Waals surface area (Å²) in [6.45, 7) is 4.25. The number of hydrogen-bond acceptors (Lipinski definition) is 7. The van der Waals surface area contributed by atoms with Crippen molar-refractivity contribution in [2.75, 3.05) is 12.5 Å². The molecule has 4 rings (SSSR count). The van der Waals surface area contributed by atoms with E-state index in [4.69, 9.17) is 19.6 Å². The Labute approximate surface area is 177 Å². The van der Waals surface area contributed by atoms with Gasteiger partial charge in [-0.3, -0.25) is 4.57 Å². The molecule has 0 bridgehead atoms. The summed E-state index contributed by atoms with van der Waals surface area (Å²) in [5.74, 6) is 1.73. The van der Waals surface area contributed by atoms with Crippen LogP contribution in [-0.2, 0) is 11.0 Å². The van der Waals surface area contributed by atoms with Crippen molar-refractivity contribution in [2.45, 2.75) is 20.3 Å². The van der Waals surface area contributed by atoms with Crippen molar-refractivity contribution in [1.29, 1.82) is 0 Å². The minimum atomic E-state index is -4.67. The van der Waals surface area contributed by atoms with Crippen LogP contribution in [0.2, 0.25) is 0 Å². The normalized spacial score (nSPS) is 13.0. The molecule has 8 nitrogen and oxygen atoms in total. The van der Waals surface area contributed by atoms with Crippen LogP contribution in [0.5, 0.6) is 11.5 Å². The number of nitrogen functional groups attached to an aromatic ring is 1. The molecule has 0 radical (unpaired) electrons. The number of fused-ring (bicyclic) bond motifs is 1. The topological polar surface area (TPSA) is 128 Å². The molecule has 0 unspecified atom stereocenters. The molecule has 4 N–H and O–H groups in total. The zero-order valence-corrected chi connectivity index (χ0v) is 18.1. The Bertz CT molecular complexity index is 1090. The summed E-state index contributed by atoms with van der Waals surface area (Å²) in [5.41, 5.74) is 6.80. The fourth-order valence-corrected chi connectivity index (χ4v) is 4.83. The average Bonchev–Trinajstić information content (AvgIpc) is 3.30. The number of furan rings is 1. The number of thiazole rings is 1. The summed E-state index contributed by atoms with van der Waals surface area (Å²) in [4.78, 5) is 24.9. The van der Waals surface area contributed by atoms with Gasteiger partial charge in [-0.05, 0) is 36.1 Å². The SMILES string of the molecule is CC(C)Cc1sc(N)nc1-c1cc(-c2ccc3c(c2)OCO3)c(P(=O)(O)O)o1.Cl. The molecule has 29 heavy (non-hydrogen) atoms. The largest absolute Gasteiger partial charge is 0.454 e. The first-order valence-electron chi connectivity index (χ1n) is 8.58. The molecule has 11 heteroatoms. The van der Waals surface area contributed by atoms with Crippen LogP contribution in [0.25, 0.3) is 22.6 Å². The molecule has 3 heterocycles. The van der Waals surface area contributed by atoms with E-state index in [0.717, 1.165) is 11.3 Å². The van der Waals surface area contributed by atoms with Gasteiger partial charge in [-0.1, -0.05) is 19.9 Å². The van der Waals surface area contributed by atoms with E-state index in [1.165, 1.54) is 11.3 Å². The van der Waals surface area contributed by atoms with E-state index in [-0.39, 0.29) is 30.5 Å². The maximum atomic E-state index is 12.1. The maximum Gasteiger partial charge on any atom is 0.391 e. The third-order valence-corrected chi connectivity index (χ3v) is 5.97. The lowest BCUT2D eigenvalue weighted by molar-refractivity contribution is 0.174. The molecule has 3 aromatic rings. The van der Waals surface area contributed by atoms with Gasteiger partial charge in [0, 0.05) is 10.4 Å². The molecule has 0 atom stereocenters. The van der Waals surface area contributed by atoms with E-state index in [1.54, 1.807) is 24.3 Å². The predicted molar refractivity (Wildman–Crippen MR) is 113 cm³/mol. The lowest BCUT2D eigenvalue weighted by Crippen LogP contribution is -2.03. The molecule has 1 aromatic carbocycles. The summed E-state index contributed by atoms with van der Waals surface area (Å²) in [6.07, 6.45) is 0.732. The zero-order valence-electron chi connectivity index (χ0n) is 15.6. The van der Waals surface area contributed by atoms with Crippen molar-refractivity contribution in [1.82, 2.24) is 4.98 Å². The third kappa shape index (κ3) is 4.29. The van der Waals surface area contributed by atoms with Crippen molar-refractivity contribution in [3.63, 3.8) is 0 Å². The molecule has 0 spiro atoms. The van der Waals surface area contributed by atoms with Gasteiger partial charge in [-0.2, -0.15) is 0 Å². The van der Waals surface area contributed by atoms with Crippen LogP contribution in [0.3, 0.4) is 0 Å². The molecular weight excluding hydrogens is 439 g/mol. The van der Waals surface area contributed by atoms with Gasteiger partial charge in [0.15, 0.2) is 22.4 Å². The number of ether oxygens (including phenoxy) is 2. The molecule has 0 fully saturated rings. The van der Waals surface area contributed by atoms with E-state index < -0.39 is 13.1 Å². The second-order valence-electron chi connectivity index (χ2n) is 6.86. The fraction of sp³-hybridized carbons (Fsp3) is 0.278. The zero-order chi connectivity index (χ0) is 20.1. The third-order valence-electron chi connectivity index (χ3n) is 4.20. The van der Waals surface area contributed by atoms with E-state index in [1.807, 2.05) is 0 Å². The molecular formula is C18H20ClN2O6PS. The van der Waals surface area contributed by atoms with Gasteiger partial charge in [-0.15, -0.1) is 23.7 Å². The second-order valence-corrected chi connectivity index (χ2v) is 9.47. The van der Waals surface area contributed by atoms with Gasteiger partial charge in [0.1, 0.15) is 5.69 Å². The van der Waals surface area contributed by atoms with E-state index in [0.29, 0.717) is 33.8 Å². The van der Waals surface area contributed by atoms with Crippen molar-refractivity contribution in [3.8, 4) is 34.1 Å². The van der Waals surface area contributed by atoms with Gasteiger partial charge < -0.3 is 29.4 Å². The quantitative estimate of drug-likeness (QED) is 0.492. The lowest BCUT2D eigenvalue weighted by atomic mass is 10.1. The summed E-state index contributed by atoms with van der Waals surface area (Å²) in [7, 11) is -4.67. The van der Waals surface area contributed by atoms with Gasteiger partial charge in [0.05, 0.1) is 0 Å². The molecule has 0 amide bonds. The van der Waals surface area contributed by atoms with Crippen LogP contribution in [0, 0.1) is 5.92 Å². The molecule has 0 saturated carbocycles. The number of hydrogen-bond donors (Lipinski definition) is 3. The van der Waals surface area contributed by atoms with E-state index in [9.17, 15) is 14.4 Å². The number of nitrogens with zero attached hydrogens (tertiary/aromatic N) is 1. The Hall–Kier alpha value is -2.03. The Morgan fingerprint density at radius 2 is 1.97 bits per heavy atom. The Kier molecular flexibility index (Phi) is 5.98. The first-order valence-corrected chi connectivity index (χ1v) is 11.0. The molecule has 0 aliphatic carbocycles. The molecule has 156 valence electrons. The Morgan fingerprint density at radius 1 is 1.24 bits per heavy atom. The standard InChI is InChI=1S/C18H19N2O6PS.ClH/c1-9(2)5-15-16(20-18(19)28-15)14-7-11(17(26-14)27(21,22)23)10-3-4-12-13(6-10)25-8-24-12;/h3-4,6-7,9H,5,8H2,1-2H3,(H2,19,20)(H2,21,22,23);1H. The smallest absolute Gasteiger partial charge is 0.391 e. The van der Waals surface area contributed by atoms with Gasteiger partial charge >= 0.3 is 7.60 Å². The van der Waals surface area contributed by atoms with E-state index >= 15 is 0 Å². The molecule has 2 aromatic heterocycles. The highest BCUT2D eigenvalue weighted by Gasteiger charge is 2.31. The van der Waals surface area contributed by atoms with Crippen LogP contribution in [0.15, 0.2) is 28.7 Å². The average molecular weight is 459 g/mol. The number of halogens is 1. The predicted octanol–water partition coefficient (Wildman–Crippen LogP) is 3.80. The van der Waals surface area contributed by atoms with Crippen molar-refractivity contribution >= 4 is 42.0 Å². The van der Waals surface area contributed by atoms with Crippen LogP contribution in [0.1, 0.15) is 18.7 Å². The van der Waals surface area contributed by atoms with Crippen LogP contribution < -0.4 is 20.7 Å². The summed E-state index contributed by atoms with van der Waals surface area (Å²) in [6, 6.07) is 6.65. The van der Waals surface area contributed by atoms with E-state index in [2.05, 4.69) is 18.8 Å². The number of aromatic nitrogens is 1. The molecule has 1 aliphatic heterocycles. The number of benzene rings is 1. The molecule has 1 aliphatic rings.